The zero-order chi connectivity index (χ0) is 20.3. The first-order chi connectivity index (χ1) is 13.4. The summed E-state index contributed by atoms with van der Waals surface area (Å²) in [5.74, 6) is -0.00236. The SMILES string of the molecule is CCCN1C(=O)N/C(=C/c2cc(Cl)c(OCc3ccc(Br)cc3)c(Cl)c2)C1=O. The molecule has 1 heterocycles. The van der Waals surface area contributed by atoms with Crippen molar-refractivity contribution in [2.24, 2.45) is 0 Å². The normalized spacial score (nSPS) is 15.3. The summed E-state index contributed by atoms with van der Waals surface area (Å²) in [6.07, 6.45) is 2.24. The van der Waals surface area contributed by atoms with E-state index < -0.39 is 6.03 Å². The summed E-state index contributed by atoms with van der Waals surface area (Å²) in [6, 6.07) is 10.6. The number of carbonyl (C=O) groups is 2. The summed E-state index contributed by atoms with van der Waals surface area (Å²) in [7, 11) is 0. The third-order valence-electron chi connectivity index (χ3n) is 4.04. The number of amides is 3. The van der Waals surface area contributed by atoms with E-state index in [0.717, 1.165) is 10.0 Å². The number of carbonyl (C=O) groups excluding carboxylic acids is 2. The number of ether oxygens (including phenoxy) is 1. The summed E-state index contributed by atoms with van der Waals surface area (Å²) < 4.78 is 6.74. The number of urea groups is 1. The van der Waals surface area contributed by atoms with Gasteiger partial charge >= 0.3 is 6.03 Å². The van der Waals surface area contributed by atoms with Crippen LogP contribution in [0.4, 0.5) is 4.79 Å². The fourth-order valence-electron chi connectivity index (χ4n) is 2.70. The van der Waals surface area contributed by atoms with Gasteiger partial charge in [0, 0.05) is 11.0 Å². The Kier molecular flexibility index (Phi) is 6.65. The van der Waals surface area contributed by atoms with Crippen LogP contribution in [-0.2, 0) is 11.4 Å². The van der Waals surface area contributed by atoms with Gasteiger partial charge in [-0.25, -0.2) is 4.79 Å². The van der Waals surface area contributed by atoms with Gasteiger partial charge in [0.15, 0.2) is 5.75 Å². The molecule has 0 unspecified atom stereocenters. The van der Waals surface area contributed by atoms with Crippen LogP contribution in [0.15, 0.2) is 46.6 Å². The Hall–Kier alpha value is -2.02. The molecule has 0 aliphatic carbocycles. The summed E-state index contributed by atoms with van der Waals surface area (Å²) in [5.41, 5.74) is 1.75. The lowest BCUT2D eigenvalue weighted by Crippen LogP contribution is -2.31. The maximum absolute atomic E-state index is 12.3. The Balaban J connectivity index is 1.77. The van der Waals surface area contributed by atoms with Crippen molar-refractivity contribution in [2.75, 3.05) is 6.54 Å². The lowest BCUT2D eigenvalue weighted by molar-refractivity contribution is -0.122. The predicted molar refractivity (Wildman–Crippen MR) is 113 cm³/mol. The van der Waals surface area contributed by atoms with Crippen molar-refractivity contribution in [1.82, 2.24) is 10.2 Å². The van der Waals surface area contributed by atoms with Gasteiger partial charge in [0.25, 0.3) is 5.91 Å². The Morgan fingerprint density at radius 3 is 2.39 bits per heavy atom. The van der Waals surface area contributed by atoms with E-state index in [2.05, 4.69) is 21.2 Å². The lowest BCUT2D eigenvalue weighted by atomic mass is 10.1. The number of imide groups is 1. The average Bonchev–Trinajstić information content (AvgIpc) is 2.90. The van der Waals surface area contributed by atoms with Crippen molar-refractivity contribution in [3.05, 3.63) is 67.7 Å². The standard InChI is InChI=1S/C20H17BrCl2N2O3/c1-2-7-25-19(26)17(24-20(25)27)10-13-8-15(22)18(16(23)9-13)28-11-12-3-5-14(21)6-4-12/h3-6,8-10H,2,7,11H2,1H3,(H,24,27)/b17-10+. The van der Waals surface area contributed by atoms with Crippen molar-refractivity contribution < 1.29 is 14.3 Å². The van der Waals surface area contributed by atoms with E-state index in [0.29, 0.717) is 40.9 Å². The molecule has 0 bridgehead atoms. The second-order valence-corrected chi connectivity index (χ2v) is 7.90. The number of hydrogen-bond donors (Lipinski definition) is 1. The smallest absolute Gasteiger partial charge is 0.329 e. The number of halogens is 3. The summed E-state index contributed by atoms with van der Waals surface area (Å²) in [4.78, 5) is 25.4. The minimum Gasteiger partial charge on any atom is -0.486 e. The van der Waals surface area contributed by atoms with Gasteiger partial charge in [0.05, 0.1) is 10.0 Å². The molecule has 1 saturated heterocycles. The Labute approximate surface area is 181 Å². The highest BCUT2D eigenvalue weighted by atomic mass is 79.9. The molecular weight excluding hydrogens is 467 g/mol. The molecule has 0 spiro atoms. The molecule has 2 aromatic rings. The molecule has 3 amide bonds. The Morgan fingerprint density at radius 2 is 1.79 bits per heavy atom. The van der Waals surface area contributed by atoms with E-state index in [9.17, 15) is 9.59 Å². The van der Waals surface area contributed by atoms with Gasteiger partial charge in [-0.2, -0.15) is 0 Å². The maximum Gasteiger partial charge on any atom is 0.329 e. The molecule has 8 heteroatoms. The number of benzene rings is 2. The molecule has 1 aliphatic heterocycles. The molecule has 0 saturated carbocycles. The minimum absolute atomic E-state index is 0.189. The molecule has 3 rings (SSSR count). The lowest BCUT2D eigenvalue weighted by Gasteiger charge is -2.11. The second-order valence-electron chi connectivity index (χ2n) is 6.17. The summed E-state index contributed by atoms with van der Waals surface area (Å²) in [6.45, 7) is 2.58. The van der Waals surface area contributed by atoms with Gasteiger partial charge in [0.1, 0.15) is 12.3 Å². The molecule has 5 nitrogen and oxygen atoms in total. The Morgan fingerprint density at radius 1 is 1.14 bits per heavy atom. The van der Waals surface area contributed by atoms with Crippen molar-refractivity contribution in [3.8, 4) is 5.75 Å². The molecule has 0 radical (unpaired) electrons. The molecular formula is C20H17BrCl2N2O3. The average molecular weight is 484 g/mol. The van der Waals surface area contributed by atoms with Crippen LogP contribution in [0.3, 0.4) is 0 Å². The van der Waals surface area contributed by atoms with Gasteiger partial charge < -0.3 is 10.1 Å². The largest absolute Gasteiger partial charge is 0.486 e. The minimum atomic E-state index is -0.426. The zero-order valence-corrected chi connectivity index (χ0v) is 18.1. The van der Waals surface area contributed by atoms with Crippen LogP contribution < -0.4 is 10.1 Å². The van der Waals surface area contributed by atoms with E-state index >= 15 is 0 Å². The molecule has 0 atom stereocenters. The van der Waals surface area contributed by atoms with E-state index in [1.54, 1.807) is 18.2 Å². The first-order valence-corrected chi connectivity index (χ1v) is 10.1. The van der Waals surface area contributed by atoms with Gasteiger partial charge in [0.2, 0.25) is 0 Å². The van der Waals surface area contributed by atoms with E-state index in [1.165, 1.54) is 4.90 Å². The quantitative estimate of drug-likeness (QED) is 0.427. The van der Waals surface area contributed by atoms with Gasteiger partial charge in [-0.1, -0.05) is 58.2 Å². The van der Waals surface area contributed by atoms with Crippen molar-refractivity contribution in [2.45, 2.75) is 20.0 Å². The Bertz CT molecular complexity index is 922. The summed E-state index contributed by atoms with van der Waals surface area (Å²) >= 11 is 16.0. The van der Waals surface area contributed by atoms with Crippen LogP contribution in [0.1, 0.15) is 24.5 Å². The van der Waals surface area contributed by atoms with E-state index in [1.807, 2.05) is 31.2 Å². The number of nitrogens with zero attached hydrogens (tertiary/aromatic N) is 1. The molecule has 28 heavy (non-hydrogen) atoms. The van der Waals surface area contributed by atoms with Crippen molar-refractivity contribution in [1.29, 1.82) is 0 Å². The maximum atomic E-state index is 12.3. The number of nitrogens with one attached hydrogen (secondary N) is 1. The highest BCUT2D eigenvalue weighted by Crippen LogP contribution is 2.35. The highest BCUT2D eigenvalue weighted by Gasteiger charge is 2.32. The van der Waals surface area contributed by atoms with Gasteiger partial charge in [-0.05, 0) is 47.9 Å². The van der Waals surface area contributed by atoms with Crippen molar-refractivity contribution >= 4 is 57.1 Å². The van der Waals surface area contributed by atoms with Crippen LogP contribution in [-0.4, -0.2) is 23.4 Å². The monoisotopic (exact) mass is 482 g/mol. The highest BCUT2D eigenvalue weighted by molar-refractivity contribution is 9.10. The third-order valence-corrected chi connectivity index (χ3v) is 5.13. The summed E-state index contributed by atoms with van der Waals surface area (Å²) in [5, 5.41) is 3.21. The van der Waals surface area contributed by atoms with Crippen LogP contribution in [0.2, 0.25) is 10.0 Å². The fraction of sp³-hybridized carbons (Fsp3) is 0.200. The number of hydrogen-bond acceptors (Lipinski definition) is 3. The number of rotatable bonds is 6. The molecule has 0 aromatic heterocycles. The molecule has 146 valence electrons. The van der Waals surface area contributed by atoms with Crippen LogP contribution in [0.25, 0.3) is 6.08 Å². The third kappa shape index (κ3) is 4.69. The van der Waals surface area contributed by atoms with Crippen LogP contribution >= 0.6 is 39.1 Å². The first kappa shape index (κ1) is 20.7. The topological polar surface area (TPSA) is 58.6 Å². The molecule has 1 N–H and O–H groups in total. The van der Waals surface area contributed by atoms with Crippen molar-refractivity contribution in [3.63, 3.8) is 0 Å². The van der Waals surface area contributed by atoms with E-state index in [4.69, 9.17) is 27.9 Å². The van der Waals surface area contributed by atoms with Crippen LogP contribution in [0.5, 0.6) is 5.75 Å². The predicted octanol–water partition coefficient (Wildman–Crippen LogP) is 5.64. The zero-order valence-electron chi connectivity index (χ0n) is 15.0. The van der Waals surface area contributed by atoms with Gasteiger partial charge in [-0.3, -0.25) is 9.69 Å². The van der Waals surface area contributed by atoms with E-state index in [-0.39, 0.29) is 11.6 Å². The van der Waals surface area contributed by atoms with Gasteiger partial charge in [-0.15, -0.1) is 0 Å². The molecule has 2 aromatic carbocycles. The first-order valence-electron chi connectivity index (χ1n) is 8.60. The fourth-order valence-corrected chi connectivity index (χ4v) is 3.58. The molecule has 1 aliphatic rings. The second kappa shape index (κ2) is 8.99. The van der Waals surface area contributed by atoms with Crippen LogP contribution in [0, 0.1) is 0 Å². The molecule has 1 fully saturated rings.